The first-order valence-electron chi connectivity index (χ1n) is 8.44. The molecule has 3 nitrogen and oxygen atoms in total. The number of H-pyrrole nitrogens is 1. The first-order valence-corrected chi connectivity index (χ1v) is 8.82. The molecular weight excluding hydrogens is 320 g/mol. The number of aryl methyl sites for hydroxylation is 1. The largest absolute Gasteiger partial charge is 0.392 e. The van der Waals surface area contributed by atoms with Gasteiger partial charge in [-0.15, -0.1) is 0 Å². The van der Waals surface area contributed by atoms with Crippen LogP contribution < -0.4 is 5.32 Å². The topological polar surface area (TPSA) is 48.0 Å². The van der Waals surface area contributed by atoms with Gasteiger partial charge in [-0.2, -0.15) is 0 Å². The maximum Gasteiger partial charge on any atom is 0.0653 e. The van der Waals surface area contributed by atoms with Crippen LogP contribution in [0.5, 0.6) is 0 Å². The number of nitrogens with one attached hydrogen (secondary N) is 2. The lowest BCUT2D eigenvalue weighted by molar-refractivity contribution is 0.186. The van der Waals surface area contributed by atoms with Crippen molar-refractivity contribution < 1.29 is 5.11 Å². The summed E-state index contributed by atoms with van der Waals surface area (Å²) >= 11 is 6.56. The lowest BCUT2D eigenvalue weighted by Gasteiger charge is -2.14. The predicted octanol–water partition coefficient (Wildman–Crippen LogP) is 4.45. The van der Waals surface area contributed by atoms with Crippen molar-refractivity contribution in [3.8, 4) is 11.1 Å². The number of aromatic amines is 1. The van der Waals surface area contributed by atoms with Crippen LogP contribution in [0.1, 0.15) is 30.6 Å². The molecule has 1 unspecified atom stereocenters. The molecule has 3 aromatic rings. The molecule has 0 radical (unpaired) electrons. The predicted molar refractivity (Wildman–Crippen MR) is 99.5 cm³/mol. The van der Waals surface area contributed by atoms with Gasteiger partial charge in [0.2, 0.25) is 0 Å². The molecule has 0 amide bonds. The highest BCUT2D eigenvalue weighted by molar-refractivity contribution is 6.35. The van der Waals surface area contributed by atoms with Crippen LogP contribution in [0.15, 0.2) is 42.5 Å². The van der Waals surface area contributed by atoms with Crippen LogP contribution in [0.4, 0.5) is 0 Å². The van der Waals surface area contributed by atoms with E-state index in [9.17, 15) is 5.11 Å². The van der Waals surface area contributed by atoms with E-state index in [1.165, 1.54) is 22.2 Å². The van der Waals surface area contributed by atoms with Crippen molar-refractivity contribution in [3.05, 3.63) is 58.7 Å². The summed E-state index contributed by atoms with van der Waals surface area (Å²) < 4.78 is 0. The molecule has 24 heavy (non-hydrogen) atoms. The smallest absolute Gasteiger partial charge is 0.0653 e. The van der Waals surface area contributed by atoms with Gasteiger partial charge in [-0.05, 0) is 48.6 Å². The Balaban J connectivity index is 1.77. The fourth-order valence-electron chi connectivity index (χ4n) is 3.64. The van der Waals surface area contributed by atoms with Gasteiger partial charge >= 0.3 is 0 Å². The molecule has 124 valence electrons. The molecule has 0 saturated carbocycles. The van der Waals surface area contributed by atoms with Gasteiger partial charge in [0, 0.05) is 23.7 Å². The van der Waals surface area contributed by atoms with Gasteiger partial charge in [-0.25, -0.2) is 0 Å². The van der Waals surface area contributed by atoms with E-state index in [0.29, 0.717) is 6.54 Å². The third kappa shape index (κ3) is 2.73. The van der Waals surface area contributed by atoms with Gasteiger partial charge in [0.25, 0.3) is 0 Å². The quantitative estimate of drug-likeness (QED) is 0.657. The molecule has 1 aromatic heterocycles. The fraction of sp³-hybridized carbons (Fsp3) is 0.300. The Kier molecular flexibility index (Phi) is 4.09. The number of benzene rings is 2. The number of hydrogen-bond donors (Lipinski definition) is 3. The normalized spacial score (nSPS) is 18.0. The van der Waals surface area contributed by atoms with Crippen molar-refractivity contribution in [1.29, 1.82) is 0 Å². The molecule has 1 aliphatic carbocycles. The summed E-state index contributed by atoms with van der Waals surface area (Å²) in [6.07, 6.45) is 1.74. The molecule has 3 N–H and O–H groups in total. The number of halogens is 1. The Morgan fingerprint density at radius 1 is 1.25 bits per heavy atom. The van der Waals surface area contributed by atoms with Crippen LogP contribution in [0.2, 0.25) is 5.02 Å². The van der Waals surface area contributed by atoms with Gasteiger partial charge in [-0.3, -0.25) is 0 Å². The van der Waals surface area contributed by atoms with Crippen LogP contribution in [-0.2, 0) is 6.42 Å². The number of rotatable bonds is 4. The standard InChI is InChI=1S/C20H21ClN2O/c1-12(24)11-22-18-8-7-15-16-9-14(13-5-3-2-4-6-13)10-17(21)19(16)23-20(15)18/h2-6,9-10,12,18,22-24H,7-8,11H2,1H3/t12-,18?/m0/s1. The molecule has 0 saturated heterocycles. The van der Waals surface area contributed by atoms with Gasteiger partial charge in [-0.1, -0.05) is 41.9 Å². The third-order valence-corrected chi connectivity index (χ3v) is 5.10. The van der Waals surface area contributed by atoms with Gasteiger partial charge in [0.05, 0.1) is 16.6 Å². The van der Waals surface area contributed by atoms with Crippen molar-refractivity contribution in [2.75, 3.05) is 6.54 Å². The zero-order valence-electron chi connectivity index (χ0n) is 13.6. The summed E-state index contributed by atoms with van der Waals surface area (Å²) in [5, 5.41) is 14.9. The van der Waals surface area contributed by atoms with Gasteiger partial charge in [0.15, 0.2) is 0 Å². The van der Waals surface area contributed by atoms with E-state index in [1.807, 2.05) is 24.3 Å². The van der Waals surface area contributed by atoms with Crippen LogP contribution in [0, 0.1) is 0 Å². The first-order chi connectivity index (χ1) is 11.6. The second kappa shape index (κ2) is 6.25. The van der Waals surface area contributed by atoms with Crippen LogP contribution in [0.25, 0.3) is 22.0 Å². The molecule has 0 bridgehead atoms. The number of aliphatic hydroxyl groups excluding tert-OH is 1. The summed E-state index contributed by atoms with van der Waals surface area (Å²) in [4.78, 5) is 3.52. The van der Waals surface area contributed by atoms with Crippen molar-refractivity contribution in [1.82, 2.24) is 10.3 Å². The SMILES string of the molecule is C[C@H](O)CNC1CCc2c1[nH]c1c(Cl)cc(-c3ccccc3)cc21. The first kappa shape index (κ1) is 15.7. The molecule has 2 atom stereocenters. The zero-order chi connectivity index (χ0) is 16.7. The van der Waals surface area contributed by atoms with Crippen LogP contribution >= 0.6 is 11.6 Å². The molecule has 0 spiro atoms. The lowest BCUT2D eigenvalue weighted by atomic mass is 10.0. The zero-order valence-corrected chi connectivity index (χ0v) is 14.4. The van der Waals surface area contributed by atoms with Crippen molar-refractivity contribution in [2.24, 2.45) is 0 Å². The highest BCUT2D eigenvalue weighted by Crippen LogP contribution is 2.40. The van der Waals surface area contributed by atoms with E-state index in [2.05, 4.69) is 28.5 Å². The molecule has 1 aliphatic rings. The summed E-state index contributed by atoms with van der Waals surface area (Å²) in [6.45, 7) is 2.40. The van der Waals surface area contributed by atoms with Crippen molar-refractivity contribution >= 4 is 22.5 Å². The highest BCUT2D eigenvalue weighted by atomic mass is 35.5. The minimum absolute atomic E-state index is 0.262. The monoisotopic (exact) mass is 340 g/mol. The van der Waals surface area contributed by atoms with E-state index in [1.54, 1.807) is 6.92 Å². The summed E-state index contributed by atoms with van der Waals surface area (Å²) in [5.74, 6) is 0. The Labute approximate surface area is 146 Å². The lowest BCUT2D eigenvalue weighted by Crippen LogP contribution is -2.27. The Hall–Kier alpha value is -1.81. The van der Waals surface area contributed by atoms with Crippen molar-refractivity contribution in [2.45, 2.75) is 31.9 Å². The van der Waals surface area contributed by atoms with E-state index in [4.69, 9.17) is 11.6 Å². The van der Waals surface area contributed by atoms with Crippen molar-refractivity contribution in [3.63, 3.8) is 0 Å². The minimum Gasteiger partial charge on any atom is -0.392 e. The summed E-state index contributed by atoms with van der Waals surface area (Å²) in [5.41, 5.74) is 5.92. The van der Waals surface area contributed by atoms with E-state index >= 15 is 0 Å². The van der Waals surface area contributed by atoms with E-state index in [0.717, 1.165) is 28.9 Å². The average molecular weight is 341 g/mol. The number of aliphatic hydroxyl groups is 1. The van der Waals surface area contributed by atoms with Gasteiger partial charge in [0.1, 0.15) is 0 Å². The molecule has 0 aliphatic heterocycles. The second-order valence-electron chi connectivity index (χ2n) is 6.61. The average Bonchev–Trinajstić information content (AvgIpc) is 3.14. The fourth-order valence-corrected chi connectivity index (χ4v) is 3.91. The molecule has 2 aromatic carbocycles. The Morgan fingerprint density at radius 3 is 2.79 bits per heavy atom. The molecular formula is C20H21ClN2O. The molecule has 4 rings (SSSR count). The van der Waals surface area contributed by atoms with E-state index in [-0.39, 0.29) is 12.1 Å². The molecule has 0 fully saturated rings. The number of fused-ring (bicyclic) bond motifs is 3. The molecule has 4 heteroatoms. The number of aromatic nitrogens is 1. The number of hydrogen-bond acceptors (Lipinski definition) is 2. The minimum atomic E-state index is -0.341. The second-order valence-corrected chi connectivity index (χ2v) is 7.02. The Morgan fingerprint density at radius 2 is 2.04 bits per heavy atom. The van der Waals surface area contributed by atoms with E-state index < -0.39 is 0 Å². The third-order valence-electron chi connectivity index (χ3n) is 4.80. The highest BCUT2D eigenvalue weighted by Gasteiger charge is 2.27. The molecule has 1 heterocycles. The summed E-state index contributed by atoms with van der Waals surface area (Å²) in [6, 6.07) is 14.9. The maximum atomic E-state index is 9.51. The van der Waals surface area contributed by atoms with Crippen LogP contribution in [0.3, 0.4) is 0 Å². The summed E-state index contributed by atoms with van der Waals surface area (Å²) in [7, 11) is 0. The Bertz CT molecular complexity index is 870. The van der Waals surface area contributed by atoms with Crippen LogP contribution in [-0.4, -0.2) is 22.7 Å². The maximum absolute atomic E-state index is 9.51. The van der Waals surface area contributed by atoms with Gasteiger partial charge < -0.3 is 15.4 Å².